The highest BCUT2D eigenvalue weighted by Gasteiger charge is 2.37. The van der Waals surface area contributed by atoms with E-state index in [0.717, 1.165) is 0 Å². The molecule has 0 aliphatic heterocycles. The number of halogens is 7. The van der Waals surface area contributed by atoms with Gasteiger partial charge in [-0.2, -0.15) is 26.3 Å². The van der Waals surface area contributed by atoms with Crippen LogP contribution in [0.4, 0.5) is 30.7 Å². The van der Waals surface area contributed by atoms with E-state index < -0.39 is 41.8 Å². The highest BCUT2D eigenvalue weighted by atomic mass is 19.4. The van der Waals surface area contributed by atoms with Gasteiger partial charge < -0.3 is 5.73 Å². The van der Waals surface area contributed by atoms with Crippen molar-refractivity contribution < 1.29 is 30.7 Å². The third kappa shape index (κ3) is 3.34. The monoisotopic (exact) mass is 275 g/mol. The summed E-state index contributed by atoms with van der Waals surface area (Å²) in [7, 11) is 0. The van der Waals surface area contributed by atoms with E-state index in [9.17, 15) is 30.7 Å². The fourth-order valence-electron chi connectivity index (χ4n) is 1.30. The molecule has 0 spiro atoms. The number of benzene rings is 1. The predicted octanol–water partition coefficient (Wildman–Crippen LogP) is 3.69. The Balaban J connectivity index is 3.39. The normalized spacial score (nSPS) is 14.7. The first-order valence-electron chi connectivity index (χ1n) is 4.69. The topological polar surface area (TPSA) is 26.0 Å². The molecule has 8 heteroatoms. The molecule has 0 saturated carbocycles. The average molecular weight is 275 g/mol. The Bertz CT molecular complexity index is 389. The van der Waals surface area contributed by atoms with Crippen LogP contribution in [0, 0.1) is 0 Å². The van der Waals surface area contributed by atoms with E-state index in [4.69, 9.17) is 5.73 Å². The van der Waals surface area contributed by atoms with Gasteiger partial charge in [0.15, 0.2) is 0 Å². The summed E-state index contributed by atoms with van der Waals surface area (Å²) in [4.78, 5) is 0. The Hall–Kier alpha value is -1.31. The van der Waals surface area contributed by atoms with Gasteiger partial charge in [0.25, 0.3) is 0 Å². The lowest BCUT2D eigenvalue weighted by Crippen LogP contribution is -2.14. The highest BCUT2D eigenvalue weighted by Crippen LogP contribution is 2.37. The smallest absolute Gasteiger partial charge is 0.327 e. The summed E-state index contributed by atoms with van der Waals surface area (Å²) in [5.74, 6) is 0. The molecule has 1 rings (SSSR count). The van der Waals surface area contributed by atoms with E-state index in [1.54, 1.807) is 0 Å². The largest absolute Gasteiger partial charge is 0.416 e. The molecule has 1 aromatic carbocycles. The number of alkyl halides is 7. The zero-order chi connectivity index (χ0) is 14.1. The van der Waals surface area contributed by atoms with Gasteiger partial charge in [-0.05, 0) is 23.8 Å². The van der Waals surface area contributed by atoms with Crippen LogP contribution < -0.4 is 5.73 Å². The Kier molecular flexibility index (Phi) is 3.89. The minimum atomic E-state index is -4.98. The minimum absolute atomic E-state index is 0.0628. The minimum Gasteiger partial charge on any atom is -0.327 e. The first-order valence-corrected chi connectivity index (χ1v) is 4.69. The molecule has 0 amide bonds. The van der Waals surface area contributed by atoms with E-state index in [0.29, 0.717) is 12.1 Å². The lowest BCUT2D eigenvalue weighted by Gasteiger charge is -2.15. The van der Waals surface area contributed by atoms with Crippen LogP contribution in [0.15, 0.2) is 18.2 Å². The summed E-state index contributed by atoms with van der Waals surface area (Å²) in [6, 6.07) is 0.590. The molecule has 0 fully saturated rings. The number of nitrogens with two attached hydrogens (primary N) is 1. The number of hydrogen-bond donors (Lipinski definition) is 1. The van der Waals surface area contributed by atoms with E-state index in [2.05, 4.69) is 0 Å². The number of hydrogen-bond acceptors (Lipinski definition) is 1. The summed E-state index contributed by atoms with van der Waals surface area (Å²) in [5, 5.41) is 0. The second-order valence-corrected chi connectivity index (χ2v) is 3.54. The molecule has 1 nitrogen and oxygen atoms in total. The zero-order valence-electron chi connectivity index (χ0n) is 8.74. The van der Waals surface area contributed by atoms with Crippen molar-refractivity contribution >= 4 is 0 Å². The lowest BCUT2D eigenvalue weighted by atomic mass is 10.0. The van der Waals surface area contributed by atoms with Crippen molar-refractivity contribution in [2.24, 2.45) is 5.73 Å². The van der Waals surface area contributed by atoms with Crippen LogP contribution in [-0.2, 0) is 12.4 Å². The summed E-state index contributed by atoms with van der Waals surface area (Å²) in [5.41, 5.74) is 1.04. The second-order valence-electron chi connectivity index (χ2n) is 3.54. The molecule has 1 atom stereocenters. The van der Waals surface area contributed by atoms with Crippen molar-refractivity contribution in [3.63, 3.8) is 0 Å². The SMILES string of the molecule is NCC(F)c1cc(C(F)(F)F)cc(C(F)(F)F)c1. The molecule has 0 aromatic heterocycles. The van der Waals surface area contributed by atoms with Crippen molar-refractivity contribution in [3.8, 4) is 0 Å². The molecule has 1 aromatic rings. The van der Waals surface area contributed by atoms with Crippen LogP contribution in [0.25, 0.3) is 0 Å². The van der Waals surface area contributed by atoms with Crippen molar-refractivity contribution in [2.75, 3.05) is 6.54 Å². The van der Waals surface area contributed by atoms with Gasteiger partial charge in [-0.25, -0.2) is 4.39 Å². The first-order chi connectivity index (χ1) is 8.05. The summed E-state index contributed by atoms with van der Waals surface area (Å²) in [6.45, 7) is -0.696. The van der Waals surface area contributed by atoms with Crippen molar-refractivity contribution in [3.05, 3.63) is 34.9 Å². The van der Waals surface area contributed by atoms with Gasteiger partial charge in [0, 0.05) is 6.54 Å². The van der Waals surface area contributed by atoms with Crippen molar-refractivity contribution in [1.29, 1.82) is 0 Å². The quantitative estimate of drug-likeness (QED) is 0.818. The van der Waals surface area contributed by atoms with E-state index in [-0.39, 0.29) is 6.07 Å². The van der Waals surface area contributed by atoms with Gasteiger partial charge in [0.05, 0.1) is 11.1 Å². The fourth-order valence-corrected chi connectivity index (χ4v) is 1.30. The maximum Gasteiger partial charge on any atom is 0.416 e. The van der Waals surface area contributed by atoms with Gasteiger partial charge in [0.2, 0.25) is 0 Å². The van der Waals surface area contributed by atoms with Gasteiger partial charge in [-0.15, -0.1) is 0 Å². The summed E-state index contributed by atoms with van der Waals surface area (Å²) < 4.78 is 87.4. The van der Waals surface area contributed by atoms with Crippen LogP contribution in [0.2, 0.25) is 0 Å². The maximum absolute atomic E-state index is 13.1. The van der Waals surface area contributed by atoms with Crippen LogP contribution >= 0.6 is 0 Å². The molecule has 0 saturated heterocycles. The van der Waals surface area contributed by atoms with E-state index >= 15 is 0 Å². The predicted molar refractivity (Wildman–Crippen MR) is 49.3 cm³/mol. The van der Waals surface area contributed by atoms with Crippen molar-refractivity contribution in [2.45, 2.75) is 18.5 Å². The van der Waals surface area contributed by atoms with Gasteiger partial charge in [0.1, 0.15) is 6.17 Å². The van der Waals surface area contributed by atoms with Crippen LogP contribution in [0.5, 0.6) is 0 Å². The lowest BCUT2D eigenvalue weighted by molar-refractivity contribution is -0.143. The second kappa shape index (κ2) is 4.75. The molecular formula is C10H8F7N. The molecule has 102 valence electrons. The Morgan fingerprint density at radius 1 is 0.889 bits per heavy atom. The summed E-state index contributed by atoms with van der Waals surface area (Å²) in [6.07, 6.45) is -12.0. The molecule has 0 aliphatic carbocycles. The Morgan fingerprint density at radius 2 is 1.28 bits per heavy atom. The Labute approximate surface area is 97.4 Å². The third-order valence-corrected chi connectivity index (χ3v) is 2.18. The molecule has 0 bridgehead atoms. The fraction of sp³-hybridized carbons (Fsp3) is 0.400. The van der Waals surface area contributed by atoms with Gasteiger partial charge in [-0.3, -0.25) is 0 Å². The van der Waals surface area contributed by atoms with Gasteiger partial charge >= 0.3 is 12.4 Å². The van der Waals surface area contributed by atoms with Crippen molar-refractivity contribution in [1.82, 2.24) is 0 Å². The zero-order valence-corrected chi connectivity index (χ0v) is 8.74. The summed E-state index contributed by atoms with van der Waals surface area (Å²) >= 11 is 0. The van der Waals surface area contributed by atoms with E-state index in [1.165, 1.54) is 0 Å². The number of rotatable bonds is 2. The molecule has 0 heterocycles. The van der Waals surface area contributed by atoms with Crippen LogP contribution in [-0.4, -0.2) is 6.54 Å². The molecule has 2 N–H and O–H groups in total. The molecular weight excluding hydrogens is 267 g/mol. The molecule has 18 heavy (non-hydrogen) atoms. The highest BCUT2D eigenvalue weighted by molar-refractivity contribution is 5.34. The third-order valence-electron chi connectivity index (χ3n) is 2.18. The van der Waals surface area contributed by atoms with Crippen LogP contribution in [0.3, 0.4) is 0 Å². The molecule has 0 aliphatic rings. The van der Waals surface area contributed by atoms with E-state index in [1.807, 2.05) is 0 Å². The molecule has 1 unspecified atom stereocenters. The maximum atomic E-state index is 13.1. The average Bonchev–Trinajstić information content (AvgIpc) is 2.25. The molecule has 0 radical (unpaired) electrons. The standard InChI is InChI=1S/C10H8F7N/c11-8(4-18)5-1-6(9(12,13)14)3-7(2-5)10(15,16)17/h1-3,8H,4,18H2. The van der Waals surface area contributed by atoms with Crippen LogP contribution in [0.1, 0.15) is 22.9 Å². The first kappa shape index (κ1) is 14.7. The Morgan fingerprint density at radius 3 is 1.56 bits per heavy atom. The van der Waals surface area contributed by atoms with Gasteiger partial charge in [-0.1, -0.05) is 0 Å².